The summed E-state index contributed by atoms with van der Waals surface area (Å²) in [4.78, 5) is 11.5. The van der Waals surface area contributed by atoms with Crippen LogP contribution in [0.3, 0.4) is 0 Å². The van der Waals surface area contributed by atoms with E-state index in [9.17, 15) is 4.79 Å². The van der Waals surface area contributed by atoms with Crippen LogP contribution in [-0.4, -0.2) is 5.78 Å². The molecule has 0 spiro atoms. The third kappa shape index (κ3) is 1.70. The van der Waals surface area contributed by atoms with E-state index >= 15 is 0 Å². The van der Waals surface area contributed by atoms with Crippen LogP contribution in [0, 0.1) is 0 Å². The summed E-state index contributed by atoms with van der Waals surface area (Å²) in [6.07, 6.45) is 5.64. The highest BCUT2D eigenvalue weighted by molar-refractivity contribution is 9.10. The molecule has 0 fully saturated rings. The maximum Gasteiger partial charge on any atom is 0.155 e. The molecular weight excluding hydrogens is 276 g/mol. The molecule has 0 amide bonds. The monoisotopic (exact) mass is 290 g/mol. The fourth-order valence-corrected chi connectivity index (χ4v) is 3.60. The van der Waals surface area contributed by atoms with E-state index in [1.807, 2.05) is 6.08 Å². The fourth-order valence-electron chi connectivity index (χ4n) is 3.19. The second-order valence-electron chi connectivity index (χ2n) is 5.27. The number of carbonyl (C=O) groups is 1. The first-order chi connectivity index (χ1) is 8.09. The Hall–Kier alpha value is -0.890. The number of aryl methyl sites for hydroxylation is 1. The van der Waals surface area contributed by atoms with Gasteiger partial charge >= 0.3 is 0 Å². The minimum Gasteiger partial charge on any atom is -0.295 e. The minimum atomic E-state index is 0.0994. The van der Waals surface area contributed by atoms with Gasteiger partial charge in [-0.15, -0.1) is 0 Å². The van der Waals surface area contributed by atoms with Gasteiger partial charge in [0.1, 0.15) is 0 Å². The van der Waals surface area contributed by atoms with Crippen molar-refractivity contribution in [1.29, 1.82) is 0 Å². The molecule has 0 radical (unpaired) electrons. The van der Waals surface area contributed by atoms with Crippen LogP contribution in [0.5, 0.6) is 0 Å². The molecule has 0 N–H and O–H groups in total. The van der Waals surface area contributed by atoms with Crippen molar-refractivity contribution in [2.45, 2.75) is 38.0 Å². The molecule has 17 heavy (non-hydrogen) atoms. The summed E-state index contributed by atoms with van der Waals surface area (Å²) in [5, 5.41) is 0. The van der Waals surface area contributed by atoms with E-state index < -0.39 is 0 Å². The summed E-state index contributed by atoms with van der Waals surface area (Å²) in [7, 11) is 0. The Kier molecular flexibility index (Phi) is 2.51. The topological polar surface area (TPSA) is 17.1 Å². The summed E-state index contributed by atoms with van der Waals surface area (Å²) in [5.41, 5.74) is 4.30. The molecule has 0 saturated carbocycles. The van der Waals surface area contributed by atoms with Crippen molar-refractivity contribution < 1.29 is 4.79 Å². The summed E-state index contributed by atoms with van der Waals surface area (Å²) in [6, 6.07) is 6.57. The van der Waals surface area contributed by atoms with Crippen LogP contribution in [0.25, 0.3) is 0 Å². The lowest BCUT2D eigenvalue weighted by Gasteiger charge is -2.40. The number of rotatable bonds is 0. The molecule has 3 rings (SSSR count). The van der Waals surface area contributed by atoms with Crippen molar-refractivity contribution in [3.05, 3.63) is 45.4 Å². The van der Waals surface area contributed by atoms with Gasteiger partial charge in [0.05, 0.1) is 0 Å². The van der Waals surface area contributed by atoms with Gasteiger partial charge in [-0.05, 0) is 48.6 Å². The minimum absolute atomic E-state index is 0.0994. The first-order valence-electron chi connectivity index (χ1n) is 6.12. The lowest BCUT2D eigenvalue weighted by atomic mass is 9.63. The Bertz CT molecular complexity index is 530. The first-order valence-corrected chi connectivity index (χ1v) is 6.92. The molecule has 0 heterocycles. The number of hydrogen-bond acceptors (Lipinski definition) is 1. The zero-order valence-electron chi connectivity index (χ0n) is 9.92. The maximum atomic E-state index is 11.5. The number of ketones is 1. The Morgan fingerprint density at radius 2 is 2.06 bits per heavy atom. The Labute approximate surface area is 110 Å². The molecule has 2 heteroatoms. The molecule has 2 aliphatic rings. The van der Waals surface area contributed by atoms with Gasteiger partial charge in [0.25, 0.3) is 0 Å². The average molecular weight is 291 g/mol. The lowest BCUT2D eigenvalue weighted by Crippen LogP contribution is -2.34. The van der Waals surface area contributed by atoms with Crippen LogP contribution in [0.4, 0.5) is 0 Å². The van der Waals surface area contributed by atoms with Crippen LogP contribution in [0.2, 0.25) is 0 Å². The SMILES string of the molecule is C[C@]12CCC(=O)C=C1CCc1cc(Br)ccc12. The molecule has 0 aromatic heterocycles. The van der Waals surface area contributed by atoms with E-state index in [0.29, 0.717) is 12.2 Å². The molecule has 0 saturated heterocycles. The normalized spacial score (nSPS) is 27.2. The molecular formula is C15H15BrO. The quantitative estimate of drug-likeness (QED) is 0.707. The Morgan fingerprint density at radius 3 is 2.88 bits per heavy atom. The number of benzene rings is 1. The van der Waals surface area contributed by atoms with Crippen molar-refractivity contribution in [2.24, 2.45) is 0 Å². The van der Waals surface area contributed by atoms with Crippen molar-refractivity contribution >= 4 is 21.7 Å². The fraction of sp³-hybridized carbons (Fsp3) is 0.400. The summed E-state index contributed by atoms with van der Waals surface area (Å²) < 4.78 is 1.15. The van der Waals surface area contributed by atoms with Crippen molar-refractivity contribution in [2.75, 3.05) is 0 Å². The molecule has 0 bridgehead atoms. The number of hydrogen-bond donors (Lipinski definition) is 0. The summed E-state index contributed by atoms with van der Waals surface area (Å²) in [5.74, 6) is 0.304. The molecule has 1 aromatic carbocycles. The zero-order chi connectivity index (χ0) is 12.0. The third-order valence-electron chi connectivity index (χ3n) is 4.24. The van der Waals surface area contributed by atoms with Crippen LogP contribution >= 0.6 is 15.9 Å². The zero-order valence-corrected chi connectivity index (χ0v) is 11.5. The van der Waals surface area contributed by atoms with Crippen LogP contribution in [0.15, 0.2) is 34.3 Å². The van der Waals surface area contributed by atoms with Crippen LogP contribution in [0.1, 0.15) is 37.3 Å². The molecule has 0 aliphatic heterocycles. The maximum absolute atomic E-state index is 11.5. The van der Waals surface area contributed by atoms with E-state index in [0.717, 1.165) is 23.7 Å². The first kappa shape index (κ1) is 11.2. The molecule has 1 nitrogen and oxygen atoms in total. The lowest BCUT2D eigenvalue weighted by molar-refractivity contribution is -0.115. The molecule has 1 aromatic rings. The van der Waals surface area contributed by atoms with E-state index in [4.69, 9.17) is 0 Å². The third-order valence-corrected chi connectivity index (χ3v) is 4.73. The van der Waals surface area contributed by atoms with Gasteiger partial charge in [0.2, 0.25) is 0 Å². The highest BCUT2D eigenvalue weighted by Gasteiger charge is 2.38. The van der Waals surface area contributed by atoms with Gasteiger partial charge in [0.15, 0.2) is 5.78 Å². The van der Waals surface area contributed by atoms with E-state index in [1.165, 1.54) is 16.7 Å². The number of allylic oxidation sites excluding steroid dienone is 2. The highest BCUT2D eigenvalue weighted by atomic mass is 79.9. The Balaban J connectivity index is 2.17. The smallest absolute Gasteiger partial charge is 0.155 e. The second-order valence-corrected chi connectivity index (χ2v) is 6.19. The van der Waals surface area contributed by atoms with Gasteiger partial charge in [0, 0.05) is 16.3 Å². The number of fused-ring (bicyclic) bond motifs is 3. The largest absolute Gasteiger partial charge is 0.295 e. The second kappa shape index (κ2) is 3.81. The standard InChI is InChI=1S/C15H15BrO/c1-15-7-6-13(17)9-11(15)3-2-10-8-12(16)4-5-14(10)15/h4-5,8-9H,2-3,6-7H2,1H3/t15-/m0/s1. The predicted octanol–water partition coefficient (Wildman–Crippen LogP) is 3.94. The molecule has 0 unspecified atom stereocenters. The molecule has 2 aliphatic carbocycles. The molecule has 1 atom stereocenters. The summed E-state index contributed by atoms with van der Waals surface area (Å²) >= 11 is 3.54. The summed E-state index contributed by atoms with van der Waals surface area (Å²) in [6.45, 7) is 2.29. The number of halogens is 1. The van der Waals surface area contributed by atoms with Gasteiger partial charge in [-0.1, -0.05) is 34.5 Å². The van der Waals surface area contributed by atoms with E-state index in [2.05, 4.69) is 41.1 Å². The molecule has 88 valence electrons. The van der Waals surface area contributed by atoms with Crippen molar-refractivity contribution in [3.63, 3.8) is 0 Å². The van der Waals surface area contributed by atoms with E-state index in [1.54, 1.807) is 0 Å². The Morgan fingerprint density at radius 1 is 1.24 bits per heavy atom. The van der Waals surface area contributed by atoms with Gasteiger partial charge in [-0.25, -0.2) is 0 Å². The predicted molar refractivity (Wildman–Crippen MR) is 72.1 cm³/mol. The van der Waals surface area contributed by atoms with Crippen LogP contribution in [-0.2, 0) is 16.6 Å². The van der Waals surface area contributed by atoms with E-state index in [-0.39, 0.29) is 5.41 Å². The van der Waals surface area contributed by atoms with Crippen LogP contribution < -0.4 is 0 Å². The van der Waals surface area contributed by atoms with Gasteiger partial charge < -0.3 is 0 Å². The average Bonchev–Trinajstić information content (AvgIpc) is 2.30. The van der Waals surface area contributed by atoms with Gasteiger partial charge in [-0.3, -0.25) is 4.79 Å². The van der Waals surface area contributed by atoms with Crippen molar-refractivity contribution in [3.8, 4) is 0 Å². The van der Waals surface area contributed by atoms with Crippen molar-refractivity contribution in [1.82, 2.24) is 0 Å². The number of carbonyl (C=O) groups excluding carboxylic acids is 1. The highest BCUT2D eigenvalue weighted by Crippen LogP contribution is 2.46. The van der Waals surface area contributed by atoms with Gasteiger partial charge in [-0.2, -0.15) is 0 Å².